The molecular formula is C13H14N2O2. The molecule has 88 valence electrons. The van der Waals surface area contributed by atoms with Crippen molar-refractivity contribution in [3.05, 3.63) is 41.3 Å². The van der Waals surface area contributed by atoms with Gasteiger partial charge in [-0.3, -0.25) is 4.79 Å². The van der Waals surface area contributed by atoms with Gasteiger partial charge >= 0.3 is 5.97 Å². The van der Waals surface area contributed by atoms with Crippen LogP contribution >= 0.6 is 0 Å². The van der Waals surface area contributed by atoms with Gasteiger partial charge in [0.15, 0.2) is 0 Å². The third-order valence-corrected chi connectivity index (χ3v) is 2.62. The van der Waals surface area contributed by atoms with Crippen molar-refractivity contribution < 1.29 is 9.90 Å². The summed E-state index contributed by atoms with van der Waals surface area (Å²) in [7, 11) is 0. The highest BCUT2D eigenvalue weighted by atomic mass is 16.4. The molecule has 0 aliphatic carbocycles. The number of H-pyrrole nitrogens is 1. The van der Waals surface area contributed by atoms with Crippen molar-refractivity contribution in [2.75, 3.05) is 0 Å². The molecule has 1 aromatic heterocycles. The Bertz CT molecular complexity index is 558. The van der Waals surface area contributed by atoms with Crippen LogP contribution in [0.25, 0.3) is 11.3 Å². The van der Waals surface area contributed by atoms with Gasteiger partial charge in [-0.05, 0) is 19.4 Å². The second kappa shape index (κ2) is 4.41. The summed E-state index contributed by atoms with van der Waals surface area (Å²) >= 11 is 0. The molecule has 0 saturated heterocycles. The van der Waals surface area contributed by atoms with Crippen LogP contribution in [0.4, 0.5) is 0 Å². The van der Waals surface area contributed by atoms with Crippen LogP contribution < -0.4 is 0 Å². The number of rotatable bonds is 3. The van der Waals surface area contributed by atoms with E-state index in [1.807, 2.05) is 38.1 Å². The highest BCUT2D eigenvalue weighted by Gasteiger charge is 2.12. The van der Waals surface area contributed by atoms with E-state index in [0.29, 0.717) is 0 Å². The van der Waals surface area contributed by atoms with Gasteiger partial charge in [0, 0.05) is 11.3 Å². The van der Waals surface area contributed by atoms with Crippen LogP contribution in [0.1, 0.15) is 17.1 Å². The van der Waals surface area contributed by atoms with Crippen molar-refractivity contribution in [2.45, 2.75) is 20.3 Å². The zero-order chi connectivity index (χ0) is 12.4. The van der Waals surface area contributed by atoms with E-state index in [9.17, 15) is 4.79 Å². The predicted molar refractivity (Wildman–Crippen MR) is 64.8 cm³/mol. The standard InChI is InChI=1S/C13H14N2O2/c1-8-13(15-9(2)14-8)11-6-4-3-5-10(11)7-12(16)17/h3-6H,7H2,1-2H3,(H,14,15)(H,16,17). The zero-order valence-corrected chi connectivity index (χ0v) is 9.82. The average molecular weight is 230 g/mol. The number of carboxylic acids is 1. The summed E-state index contributed by atoms with van der Waals surface area (Å²) in [4.78, 5) is 18.3. The van der Waals surface area contributed by atoms with Gasteiger partial charge in [-0.2, -0.15) is 0 Å². The van der Waals surface area contributed by atoms with Crippen molar-refractivity contribution in [2.24, 2.45) is 0 Å². The Morgan fingerprint density at radius 1 is 1.35 bits per heavy atom. The summed E-state index contributed by atoms with van der Waals surface area (Å²) in [6.07, 6.45) is 0.0154. The molecule has 0 radical (unpaired) electrons. The highest BCUT2D eigenvalue weighted by Crippen LogP contribution is 2.25. The maximum absolute atomic E-state index is 10.8. The van der Waals surface area contributed by atoms with E-state index in [4.69, 9.17) is 5.11 Å². The van der Waals surface area contributed by atoms with Crippen LogP contribution in [0.15, 0.2) is 24.3 Å². The molecule has 0 saturated carbocycles. The van der Waals surface area contributed by atoms with Crippen molar-refractivity contribution in [3.8, 4) is 11.3 Å². The van der Waals surface area contributed by atoms with Gasteiger partial charge in [-0.15, -0.1) is 0 Å². The molecule has 4 nitrogen and oxygen atoms in total. The van der Waals surface area contributed by atoms with Crippen LogP contribution in [0, 0.1) is 13.8 Å². The topological polar surface area (TPSA) is 66.0 Å². The van der Waals surface area contributed by atoms with Crippen LogP contribution in [-0.2, 0) is 11.2 Å². The Kier molecular flexibility index (Phi) is 2.95. The number of nitrogens with zero attached hydrogens (tertiary/aromatic N) is 1. The zero-order valence-electron chi connectivity index (χ0n) is 9.82. The van der Waals surface area contributed by atoms with E-state index < -0.39 is 5.97 Å². The van der Waals surface area contributed by atoms with Gasteiger partial charge in [-0.25, -0.2) is 4.98 Å². The molecule has 1 heterocycles. The van der Waals surface area contributed by atoms with Crippen LogP contribution in [0.3, 0.4) is 0 Å². The molecule has 1 aromatic carbocycles. The van der Waals surface area contributed by atoms with Crippen LogP contribution in [0.5, 0.6) is 0 Å². The molecular weight excluding hydrogens is 216 g/mol. The first kappa shape index (κ1) is 11.4. The first-order valence-electron chi connectivity index (χ1n) is 5.41. The third-order valence-electron chi connectivity index (χ3n) is 2.62. The lowest BCUT2D eigenvalue weighted by Crippen LogP contribution is -2.02. The highest BCUT2D eigenvalue weighted by molar-refractivity contribution is 5.76. The number of aliphatic carboxylic acids is 1. The fraction of sp³-hybridized carbons (Fsp3) is 0.231. The SMILES string of the molecule is Cc1nc(-c2ccccc2CC(=O)O)c(C)[nH]1. The molecule has 17 heavy (non-hydrogen) atoms. The number of aryl methyl sites for hydroxylation is 2. The fourth-order valence-corrected chi connectivity index (χ4v) is 1.94. The van der Waals surface area contributed by atoms with Gasteiger partial charge in [0.25, 0.3) is 0 Å². The maximum atomic E-state index is 10.8. The fourth-order valence-electron chi connectivity index (χ4n) is 1.94. The Labute approximate surface area is 99.3 Å². The lowest BCUT2D eigenvalue weighted by Gasteiger charge is -2.05. The molecule has 0 spiro atoms. The Morgan fingerprint density at radius 3 is 2.65 bits per heavy atom. The predicted octanol–water partition coefficient (Wildman–Crippen LogP) is 2.32. The lowest BCUT2D eigenvalue weighted by molar-refractivity contribution is -0.136. The largest absolute Gasteiger partial charge is 0.481 e. The third kappa shape index (κ3) is 2.36. The minimum atomic E-state index is -0.831. The van der Waals surface area contributed by atoms with Gasteiger partial charge in [0.2, 0.25) is 0 Å². The van der Waals surface area contributed by atoms with E-state index in [-0.39, 0.29) is 6.42 Å². The Hall–Kier alpha value is -2.10. The molecule has 2 N–H and O–H groups in total. The van der Waals surface area contributed by atoms with E-state index in [1.54, 1.807) is 0 Å². The van der Waals surface area contributed by atoms with Gasteiger partial charge in [-0.1, -0.05) is 24.3 Å². The molecule has 0 bridgehead atoms. The second-order valence-electron chi connectivity index (χ2n) is 4.02. The minimum absolute atomic E-state index is 0.0154. The van der Waals surface area contributed by atoms with Crippen molar-refractivity contribution >= 4 is 5.97 Å². The molecule has 4 heteroatoms. The summed E-state index contributed by atoms with van der Waals surface area (Å²) < 4.78 is 0. The lowest BCUT2D eigenvalue weighted by atomic mass is 10.0. The first-order chi connectivity index (χ1) is 8.08. The van der Waals surface area contributed by atoms with Gasteiger partial charge in [0.1, 0.15) is 5.82 Å². The number of imidazole rings is 1. The number of aromatic nitrogens is 2. The molecule has 0 aliphatic rings. The average Bonchev–Trinajstić information content (AvgIpc) is 2.58. The van der Waals surface area contributed by atoms with Crippen molar-refractivity contribution in [1.29, 1.82) is 0 Å². The van der Waals surface area contributed by atoms with Crippen LogP contribution in [-0.4, -0.2) is 21.0 Å². The molecule has 0 atom stereocenters. The maximum Gasteiger partial charge on any atom is 0.307 e. The molecule has 0 amide bonds. The molecule has 0 aliphatic heterocycles. The summed E-state index contributed by atoms with van der Waals surface area (Å²) in [6.45, 7) is 3.82. The monoisotopic (exact) mass is 230 g/mol. The summed E-state index contributed by atoms with van der Waals surface area (Å²) in [5, 5.41) is 8.88. The number of hydrogen-bond donors (Lipinski definition) is 2. The van der Waals surface area contributed by atoms with Gasteiger partial charge < -0.3 is 10.1 Å². The van der Waals surface area contributed by atoms with E-state index in [2.05, 4.69) is 9.97 Å². The van der Waals surface area contributed by atoms with Crippen LogP contribution in [0.2, 0.25) is 0 Å². The van der Waals surface area contributed by atoms with Gasteiger partial charge in [0.05, 0.1) is 12.1 Å². The number of benzene rings is 1. The summed E-state index contributed by atoms with van der Waals surface area (Å²) in [5.74, 6) is 0.00462. The smallest absolute Gasteiger partial charge is 0.307 e. The number of aromatic amines is 1. The number of hydrogen-bond acceptors (Lipinski definition) is 2. The summed E-state index contributed by atoms with van der Waals surface area (Å²) in [6, 6.07) is 7.47. The molecule has 2 aromatic rings. The Morgan fingerprint density at radius 2 is 2.06 bits per heavy atom. The minimum Gasteiger partial charge on any atom is -0.481 e. The summed E-state index contributed by atoms with van der Waals surface area (Å²) in [5.41, 5.74) is 3.46. The van der Waals surface area contributed by atoms with E-state index in [0.717, 1.165) is 28.3 Å². The quantitative estimate of drug-likeness (QED) is 0.850. The van der Waals surface area contributed by atoms with Crippen molar-refractivity contribution in [3.63, 3.8) is 0 Å². The number of nitrogens with one attached hydrogen (secondary N) is 1. The second-order valence-corrected chi connectivity index (χ2v) is 4.02. The van der Waals surface area contributed by atoms with Crippen molar-refractivity contribution in [1.82, 2.24) is 9.97 Å². The molecule has 0 fully saturated rings. The number of carboxylic acid groups (broad SMARTS) is 1. The Balaban J connectivity index is 2.51. The van der Waals surface area contributed by atoms with E-state index >= 15 is 0 Å². The van der Waals surface area contributed by atoms with E-state index in [1.165, 1.54) is 0 Å². The molecule has 2 rings (SSSR count). The normalized spacial score (nSPS) is 10.5. The molecule has 0 unspecified atom stereocenters. The number of carbonyl (C=O) groups is 1. The first-order valence-corrected chi connectivity index (χ1v) is 5.41.